The maximum absolute atomic E-state index is 13.1. The Kier molecular flexibility index (Phi) is 5.99. The molecule has 30 heavy (non-hydrogen) atoms. The maximum atomic E-state index is 13.1. The molecular weight excluding hydrogens is 398 g/mol. The van der Waals surface area contributed by atoms with Crippen molar-refractivity contribution < 1.29 is 8.42 Å². The fraction of sp³-hybridized carbons (Fsp3) is 0.364. The zero-order valence-corrected chi connectivity index (χ0v) is 18.1. The van der Waals surface area contributed by atoms with Gasteiger partial charge >= 0.3 is 0 Å². The summed E-state index contributed by atoms with van der Waals surface area (Å²) in [5.41, 5.74) is 2.83. The molecule has 2 N–H and O–H groups in total. The molecule has 1 aromatic carbocycles. The van der Waals surface area contributed by atoms with Crippen LogP contribution in [0.15, 0.2) is 53.4 Å². The highest BCUT2D eigenvalue weighted by Crippen LogP contribution is 2.21. The minimum Gasteiger partial charge on any atom is -0.369 e. The molecule has 1 unspecified atom stereocenters. The molecule has 0 bridgehead atoms. The van der Waals surface area contributed by atoms with E-state index in [1.54, 1.807) is 24.3 Å². The third kappa shape index (κ3) is 4.30. The lowest BCUT2D eigenvalue weighted by Gasteiger charge is -2.35. The van der Waals surface area contributed by atoms with Crippen LogP contribution in [0.3, 0.4) is 0 Å². The lowest BCUT2D eigenvalue weighted by molar-refractivity contribution is 0.218. The monoisotopic (exact) mass is 425 g/mol. The molecule has 7 nitrogen and oxygen atoms in total. The second kappa shape index (κ2) is 8.67. The first-order valence-corrected chi connectivity index (χ1v) is 11.7. The van der Waals surface area contributed by atoms with E-state index in [0.717, 1.165) is 34.7 Å². The number of hydrogen-bond acceptors (Lipinski definition) is 7. The van der Waals surface area contributed by atoms with Gasteiger partial charge in [0.25, 0.3) is 0 Å². The number of rotatable bonds is 6. The second-order valence-electron chi connectivity index (χ2n) is 7.59. The van der Waals surface area contributed by atoms with Crippen molar-refractivity contribution in [1.29, 1.82) is 0 Å². The van der Waals surface area contributed by atoms with Crippen LogP contribution in [0.5, 0.6) is 0 Å². The highest BCUT2D eigenvalue weighted by molar-refractivity contribution is 7.92. The molecule has 1 aliphatic heterocycles. The van der Waals surface area contributed by atoms with Gasteiger partial charge in [0.1, 0.15) is 11.2 Å². The van der Waals surface area contributed by atoms with E-state index in [1.807, 2.05) is 43.0 Å². The van der Waals surface area contributed by atoms with Crippen molar-refractivity contribution >= 4 is 26.6 Å². The van der Waals surface area contributed by atoms with Crippen LogP contribution in [0.2, 0.25) is 0 Å². The number of aromatic nitrogens is 2. The third-order valence-electron chi connectivity index (χ3n) is 5.44. The minimum absolute atomic E-state index is 0.368. The summed E-state index contributed by atoms with van der Waals surface area (Å²) < 4.78 is 26.2. The number of hydrogen-bond donors (Lipinski definition) is 2. The Morgan fingerprint density at radius 1 is 1.13 bits per heavy atom. The first-order chi connectivity index (χ1) is 14.4. The van der Waals surface area contributed by atoms with Crippen molar-refractivity contribution in [1.82, 2.24) is 20.2 Å². The quantitative estimate of drug-likeness (QED) is 0.627. The minimum atomic E-state index is -3.43. The van der Waals surface area contributed by atoms with Crippen LogP contribution in [-0.2, 0) is 9.84 Å². The van der Waals surface area contributed by atoms with Gasteiger partial charge in [-0.05, 0) is 44.2 Å². The van der Waals surface area contributed by atoms with E-state index >= 15 is 0 Å². The Bertz CT molecular complexity index is 1130. The second-order valence-corrected chi connectivity index (χ2v) is 9.70. The number of piperazine rings is 1. The normalized spacial score (nSPS) is 17.9. The first-order valence-electron chi connectivity index (χ1n) is 10.2. The van der Waals surface area contributed by atoms with Gasteiger partial charge in [-0.1, -0.05) is 18.2 Å². The topological polar surface area (TPSA) is 87.2 Å². The van der Waals surface area contributed by atoms with E-state index < -0.39 is 15.2 Å². The number of nitrogens with zero attached hydrogens (tertiary/aromatic N) is 3. The Hall–Kier alpha value is -2.55. The summed E-state index contributed by atoms with van der Waals surface area (Å²) in [5.74, 6) is 0.783. The summed E-state index contributed by atoms with van der Waals surface area (Å²) >= 11 is 0. The highest BCUT2D eigenvalue weighted by Gasteiger charge is 2.34. The Morgan fingerprint density at radius 2 is 1.93 bits per heavy atom. The first kappa shape index (κ1) is 20.7. The molecule has 3 heterocycles. The summed E-state index contributed by atoms with van der Waals surface area (Å²) in [6.45, 7) is 7.08. The molecule has 1 fully saturated rings. The van der Waals surface area contributed by atoms with Gasteiger partial charge in [0.2, 0.25) is 0 Å². The van der Waals surface area contributed by atoms with E-state index in [0.29, 0.717) is 31.1 Å². The zero-order chi connectivity index (χ0) is 21.1. The third-order valence-corrected chi connectivity index (χ3v) is 7.55. The van der Waals surface area contributed by atoms with Crippen LogP contribution in [0, 0.1) is 13.8 Å². The maximum Gasteiger partial charge on any atom is 0.195 e. The van der Waals surface area contributed by atoms with Crippen molar-refractivity contribution in [2.45, 2.75) is 24.1 Å². The van der Waals surface area contributed by atoms with Gasteiger partial charge in [-0.3, -0.25) is 9.88 Å². The van der Waals surface area contributed by atoms with Crippen LogP contribution in [0.1, 0.15) is 11.4 Å². The number of sulfone groups is 1. The Balaban J connectivity index is 1.45. The number of fused-ring (bicyclic) bond motifs is 1. The summed E-state index contributed by atoms with van der Waals surface area (Å²) in [7, 11) is -3.43. The largest absolute Gasteiger partial charge is 0.369 e. The van der Waals surface area contributed by atoms with E-state index in [1.165, 1.54) is 0 Å². The van der Waals surface area contributed by atoms with E-state index in [4.69, 9.17) is 4.98 Å². The van der Waals surface area contributed by atoms with Crippen molar-refractivity contribution in [2.24, 2.45) is 0 Å². The fourth-order valence-electron chi connectivity index (χ4n) is 3.92. The van der Waals surface area contributed by atoms with Gasteiger partial charge in [0.05, 0.1) is 10.4 Å². The van der Waals surface area contributed by atoms with Crippen molar-refractivity contribution in [3.05, 3.63) is 59.9 Å². The van der Waals surface area contributed by atoms with Crippen LogP contribution in [0.25, 0.3) is 10.9 Å². The Labute approximate surface area is 177 Å². The van der Waals surface area contributed by atoms with Crippen LogP contribution in [0.4, 0.5) is 5.82 Å². The van der Waals surface area contributed by atoms with Crippen LogP contribution < -0.4 is 10.6 Å². The molecule has 2 aromatic heterocycles. The molecule has 0 saturated carbocycles. The van der Waals surface area contributed by atoms with E-state index in [9.17, 15) is 8.42 Å². The van der Waals surface area contributed by atoms with E-state index in [2.05, 4.69) is 15.6 Å². The number of nitrogens with one attached hydrogen (secondary N) is 2. The average molecular weight is 426 g/mol. The SMILES string of the molecule is Cc1cc2nc(NCCN3CCNCC3S(=O)(=O)c3ccccc3)ccc2c(C)n1. The summed E-state index contributed by atoms with van der Waals surface area (Å²) in [6, 6.07) is 14.6. The van der Waals surface area contributed by atoms with Gasteiger partial charge < -0.3 is 10.6 Å². The Morgan fingerprint density at radius 3 is 2.73 bits per heavy atom. The molecule has 0 aliphatic carbocycles. The molecule has 1 atom stereocenters. The molecule has 0 radical (unpaired) electrons. The summed E-state index contributed by atoms with van der Waals surface area (Å²) in [4.78, 5) is 11.6. The smallest absolute Gasteiger partial charge is 0.195 e. The molecular formula is C22H27N5O2S. The molecule has 1 saturated heterocycles. The number of benzene rings is 1. The number of anilines is 1. The lowest BCUT2D eigenvalue weighted by atomic mass is 10.2. The molecule has 158 valence electrons. The molecule has 3 aromatic rings. The van der Waals surface area contributed by atoms with Gasteiger partial charge in [0.15, 0.2) is 9.84 Å². The molecule has 0 spiro atoms. The van der Waals surface area contributed by atoms with Gasteiger partial charge in [-0.2, -0.15) is 0 Å². The molecule has 1 aliphatic rings. The van der Waals surface area contributed by atoms with Gasteiger partial charge in [-0.15, -0.1) is 0 Å². The standard InChI is InChI=1S/C22H27N5O2S/c1-16-14-20-19(17(2)25-16)8-9-21(26-20)24-11-13-27-12-10-23-15-22(27)30(28,29)18-6-4-3-5-7-18/h3-9,14,22-23H,10-13,15H2,1-2H3,(H,24,26). The van der Waals surface area contributed by atoms with Crippen molar-refractivity contribution in [3.63, 3.8) is 0 Å². The number of aryl methyl sites for hydroxylation is 2. The molecule has 8 heteroatoms. The predicted octanol–water partition coefficient (Wildman–Crippen LogP) is 2.36. The van der Waals surface area contributed by atoms with Gasteiger partial charge in [-0.25, -0.2) is 13.4 Å². The highest BCUT2D eigenvalue weighted by atomic mass is 32.2. The predicted molar refractivity (Wildman–Crippen MR) is 119 cm³/mol. The van der Waals surface area contributed by atoms with E-state index in [-0.39, 0.29) is 0 Å². The molecule has 0 amide bonds. The summed E-state index contributed by atoms with van der Waals surface area (Å²) in [5, 5.41) is 7.04. The summed E-state index contributed by atoms with van der Waals surface area (Å²) in [6.07, 6.45) is 0. The number of pyridine rings is 2. The van der Waals surface area contributed by atoms with Crippen LogP contribution >= 0.6 is 0 Å². The fourth-order valence-corrected chi connectivity index (χ4v) is 5.71. The average Bonchev–Trinajstić information content (AvgIpc) is 2.74. The van der Waals surface area contributed by atoms with Gasteiger partial charge in [0, 0.05) is 49.5 Å². The zero-order valence-electron chi connectivity index (χ0n) is 17.3. The van der Waals surface area contributed by atoms with Crippen molar-refractivity contribution in [3.8, 4) is 0 Å². The molecule has 4 rings (SSSR count). The van der Waals surface area contributed by atoms with Crippen LogP contribution in [-0.4, -0.2) is 61.4 Å². The lowest BCUT2D eigenvalue weighted by Crippen LogP contribution is -2.55. The van der Waals surface area contributed by atoms with Crippen molar-refractivity contribution in [2.75, 3.05) is 38.0 Å².